The van der Waals surface area contributed by atoms with E-state index in [0.717, 1.165) is 6.42 Å². The Hall–Kier alpha value is -2.35. The average molecular weight is 260 g/mol. The van der Waals surface area contributed by atoms with Gasteiger partial charge in [0.05, 0.1) is 11.3 Å². The highest BCUT2D eigenvalue weighted by molar-refractivity contribution is 5.95. The summed E-state index contributed by atoms with van der Waals surface area (Å²) in [5, 5.41) is 18.0. The molecule has 5 nitrogen and oxygen atoms in total. The number of carboxylic acids is 1. The fourth-order valence-corrected chi connectivity index (χ4v) is 1.82. The van der Waals surface area contributed by atoms with Gasteiger partial charge in [-0.25, -0.2) is 0 Å². The molecule has 0 aliphatic rings. The minimum atomic E-state index is -0.967. The Bertz CT molecular complexity index is 532. The molecule has 1 aromatic carbocycles. The summed E-state index contributed by atoms with van der Waals surface area (Å²) in [6, 6.07) is 6.74. The molecule has 0 aliphatic heterocycles. The molecule has 19 heavy (non-hydrogen) atoms. The fraction of sp³-hybridized carbons (Fsp3) is 0.357. The maximum Gasteiger partial charge on any atom is 0.323 e. The fourth-order valence-electron chi connectivity index (χ4n) is 1.82. The molecule has 5 heteroatoms. The van der Waals surface area contributed by atoms with Gasteiger partial charge in [0.1, 0.15) is 12.6 Å². The number of hydrogen-bond acceptors (Lipinski definition) is 4. The van der Waals surface area contributed by atoms with Crippen molar-refractivity contribution in [1.82, 2.24) is 0 Å². The standard InChI is InChI=1S/C14H16N2O3/c1-3-6-16(9-14(18)19)13-7-11(10(2)17)4-5-12(13)8-15/h4-5,7H,3,6,9H2,1-2H3,(H,18,19). The van der Waals surface area contributed by atoms with Crippen molar-refractivity contribution < 1.29 is 14.7 Å². The van der Waals surface area contributed by atoms with Gasteiger partial charge in [-0.3, -0.25) is 9.59 Å². The van der Waals surface area contributed by atoms with Crippen LogP contribution in [0.25, 0.3) is 0 Å². The first-order chi connectivity index (χ1) is 8.99. The number of nitrogens with zero attached hydrogens (tertiary/aromatic N) is 2. The van der Waals surface area contributed by atoms with Gasteiger partial charge >= 0.3 is 5.97 Å². The second kappa shape index (κ2) is 6.55. The van der Waals surface area contributed by atoms with Crippen LogP contribution in [-0.2, 0) is 4.79 Å². The number of carbonyl (C=O) groups excluding carboxylic acids is 1. The summed E-state index contributed by atoms with van der Waals surface area (Å²) in [6.45, 7) is 3.69. The van der Waals surface area contributed by atoms with Crippen molar-refractivity contribution in [3.63, 3.8) is 0 Å². The van der Waals surface area contributed by atoms with Crippen molar-refractivity contribution in [2.24, 2.45) is 0 Å². The number of carboxylic acid groups (broad SMARTS) is 1. The van der Waals surface area contributed by atoms with Gasteiger partial charge in [-0.1, -0.05) is 6.92 Å². The Morgan fingerprint density at radius 1 is 1.42 bits per heavy atom. The van der Waals surface area contributed by atoms with Crippen LogP contribution in [0.4, 0.5) is 5.69 Å². The first-order valence-electron chi connectivity index (χ1n) is 6.01. The van der Waals surface area contributed by atoms with Crippen molar-refractivity contribution in [3.05, 3.63) is 29.3 Å². The van der Waals surface area contributed by atoms with Crippen LogP contribution in [0.15, 0.2) is 18.2 Å². The van der Waals surface area contributed by atoms with Crippen LogP contribution in [0.5, 0.6) is 0 Å². The lowest BCUT2D eigenvalue weighted by Crippen LogP contribution is -2.31. The van der Waals surface area contributed by atoms with E-state index in [9.17, 15) is 9.59 Å². The van der Waals surface area contributed by atoms with Gasteiger partial charge in [0.25, 0.3) is 0 Å². The number of anilines is 1. The molecule has 0 aromatic heterocycles. The van der Waals surface area contributed by atoms with E-state index >= 15 is 0 Å². The maximum atomic E-state index is 11.4. The number of Topliss-reactive ketones (excluding diaryl/α,β-unsaturated/α-hetero) is 1. The number of nitriles is 1. The topological polar surface area (TPSA) is 81.4 Å². The predicted octanol–water partition coefficient (Wildman–Crippen LogP) is 2.06. The molecule has 100 valence electrons. The number of aliphatic carboxylic acids is 1. The summed E-state index contributed by atoms with van der Waals surface area (Å²) in [4.78, 5) is 23.9. The van der Waals surface area contributed by atoms with Gasteiger partial charge in [-0.15, -0.1) is 0 Å². The molecule has 0 heterocycles. The van der Waals surface area contributed by atoms with Crippen molar-refractivity contribution in [3.8, 4) is 6.07 Å². The quantitative estimate of drug-likeness (QED) is 0.792. The third-order valence-corrected chi connectivity index (χ3v) is 2.69. The van der Waals surface area contributed by atoms with E-state index in [4.69, 9.17) is 10.4 Å². The summed E-state index contributed by atoms with van der Waals surface area (Å²) in [5.74, 6) is -1.08. The molecular weight excluding hydrogens is 244 g/mol. The molecule has 0 saturated carbocycles. The van der Waals surface area contributed by atoms with Crippen molar-refractivity contribution in [2.45, 2.75) is 20.3 Å². The van der Waals surface area contributed by atoms with Crippen LogP contribution in [-0.4, -0.2) is 29.9 Å². The van der Waals surface area contributed by atoms with E-state index in [0.29, 0.717) is 23.4 Å². The smallest absolute Gasteiger partial charge is 0.323 e. The highest BCUT2D eigenvalue weighted by Crippen LogP contribution is 2.22. The average Bonchev–Trinajstić information content (AvgIpc) is 2.36. The lowest BCUT2D eigenvalue weighted by molar-refractivity contribution is -0.135. The SMILES string of the molecule is CCCN(CC(=O)O)c1cc(C(C)=O)ccc1C#N. The number of ketones is 1. The Kier molecular flexibility index (Phi) is 5.07. The van der Waals surface area contributed by atoms with Crippen molar-refractivity contribution in [1.29, 1.82) is 5.26 Å². The summed E-state index contributed by atoms with van der Waals surface area (Å²) in [5.41, 5.74) is 1.35. The van der Waals surface area contributed by atoms with E-state index < -0.39 is 5.97 Å². The lowest BCUT2D eigenvalue weighted by Gasteiger charge is -2.23. The van der Waals surface area contributed by atoms with Gasteiger partial charge in [0.2, 0.25) is 0 Å². The molecule has 0 amide bonds. The monoisotopic (exact) mass is 260 g/mol. The second-order valence-corrected chi connectivity index (χ2v) is 4.22. The van der Waals surface area contributed by atoms with E-state index in [1.807, 2.05) is 13.0 Å². The molecule has 0 unspecified atom stereocenters. The minimum absolute atomic E-state index is 0.113. The molecule has 1 rings (SSSR count). The van der Waals surface area contributed by atoms with E-state index in [-0.39, 0.29) is 12.3 Å². The Morgan fingerprint density at radius 2 is 2.11 bits per heavy atom. The highest BCUT2D eigenvalue weighted by atomic mass is 16.4. The van der Waals surface area contributed by atoms with Crippen LogP contribution in [0.3, 0.4) is 0 Å². The summed E-state index contributed by atoms with van der Waals surface area (Å²) in [6.07, 6.45) is 0.752. The third kappa shape index (κ3) is 3.81. The number of rotatable bonds is 6. The molecule has 0 radical (unpaired) electrons. The zero-order chi connectivity index (χ0) is 14.4. The largest absolute Gasteiger partial charge is 0.480 e. The van der Waals surface area contributed by atoms with Gasteiger partial charge in [0, 0.05) is 12.1 Å². The van der Waals surface area contributed by atoms with E-state index in [2.05, 4.69) is 0 Å². The zero-order valence-corrected chi connectivity index (χ0v) is 11.0. The number of hydrogen-bond donors (Lipinski definition) is 1. The molecule has 0 aliphatic carbocycles. The van der Waals surface area contributed by atoms with Gasteiger partial charge in [-0.2, -0.15) is 5.26 Å². The summed E-state index contributed by atoms with van der Waals surface area (Å²) < 4.78 is 0. The Balaban J connectivity index is 3.25. The van der Waals surface area contributed by atoms with Crippen LogP contribution in [0, 0.1) is 11.3 Å². The molecule has 1 N–H and O–H groups in total. The van der Waals surface area contributed by atoms with Crippen LogP contribution in [0.2, 0.25) is 0 Å². The van der Waals surface area contributed by atoms with Gasteiger partial charge in [0.15, 0.2) is 5.78 Å². The normalized spacial score (nSPS) is 9.74. The predicted molar refractivity (Wildman–Crippen MR) is 71.3 cm³/mol. The third-order valence-electron chi connectivity index (χ3n) is 2.69. The van der Waals surface area contributed by atoms with Gasteiger partial charge < -0.3 is 10.0 Å². The summed E-state index contributed by atoms with van der Waals surface area (Å²) in [7, 11) is 0. The molecule has 0 atom stereocenters. The highest BCUT2D eigenvalue weighted by Gasteiger charge is 2.15. The van der Waals surface area contributed by atoms with Crippen molar-refractivity contribution in [2.75, 3.05) is 18.0 Å². The molecule has 1 aromatic rings. The van der Waals surface area contributed by atoms with Crippen LogP contribution in [0.1, 0.15) is 36.2 Å². The van der Waals surface area contributed by atoms with Crippen molar-refractivity contribution >= 4 is 17.4 Å². The van der Waals surface area contributed by atoms with Crippen LogP contribution >= 0.6 is 0 Å². The first kappa shape index (κ1) is 14.7. The lowest BCUT2D eigenvalue weighted by atomic mass is 10.1. The molecular formula is C14H16N2O3. The first-order valence-corrected chi connectivity index (χ1v) is 6.01. The Labute approximate surface area is 112 Å². The molecule has 0 spiro atoms. The number of benzene rings is 1. The Morgan fingerprint density at radius 3 is 2.58 bits per heavy atom. The minimum Gasteiger partial charge on any atom is -0.480 e. The zero-order valence-electron chi connectivity index (χ0n) is 11.0. The van der Waals surface area contributed by atoms with E-state index in [1.165, 1.54) is 6.92 Å². The van der Waals surface area contributed by atoms with E-state index in [1.54, 1.807) is 23.1 Å². The number of carbonyl (C=O) groups is 2. The van der Waals surface area contributed by atoms with Crippen LogP contribution < -0.4 is 4.90 Å². The molecule has 0 fully saturated rings. The van der Waals surface area contributed by atoms with Gasteiger partial charge in [-0.05, 0) is 31.5 Å². The molecule has 0 bridgehead atoms. The summed E-state index contributed by atoms with van der Waals surface area (Å²) >= 11 is 0. The molecule has 0 saturated heterocycles. The maximum absolute atomic E-state index is 11.4. The second-order valence-electron chi connectivity index (χ2n) is 4.22.